The van der Waals surface area contributed by atoms with Gasteiger partial charge in [-0.1, -0.05) is 6.08 Å². The molecule has 0 bridgehead atoms. The summed E-state index contributed by atoms with van der Waals surface area (Å²) < 4.78 is 28.8. The molecule has 0 spiro atoms. The zero-order valence-corrected chi connectivity index (χ0v) is 8.81. The van der Waals surface area contributed by atoms with Crippen molar-refractivity contribution in [3.05, 3.63) is 11.5 Å². The first-order chi connectivity index (χ1) is 6.89. The Labute approximate surface area is 116 Å². The van der Waals surface area contributed by atoms with Gasteiger partial charge in [0.15, 0.2) is 0 Å². The number of rotatable bonds is 7. The SMILES string of the molecule is O=S(=O)(O)/C=C\CNC(CO)(CO)CO.[NaH]. The molecular weight excluding hydrogens is 249 g/mol. The van der Waals surface area contributed by atoms with E-state index in [-0.39, 0.29) is 36.1 Å². The predicted molar refractivity (Wildman–Crippen MR) is 59.8 cm³/mol. The number of hydrogen-bond acceptors (Lipinski definition) is 6. The first-order valence-corrected chi connectivity index (χ1v) is 5.61. The second-order valence-corrected chi connectivity index (χ2v) is 4.32. The molecule has 0 saturated carbocycles. The van der Waals surface area contributed by atoms with E-state index in [1.54, 1.807) is 0 Å². The summed E-state index contributed by atoms with van der Waals surface area (Å²) in [7, 11) is -4.17. The predicted octanol–water partition coefficient (Wildman–Crippen LogP) is -2.96. The third kappa shape index (κ3) is 7.71. The van der Waals surface area contributed by atoms with E-state index in [1.807, 2.05) is 0 Å². The molecule has 0 aliphatic carbocycles. The van der Waals surface area contributed by atoms with Crippen molar-refractivity contribution in [1.29, 1.82) is 0 Å². The van der Waals surface area contributed by atoms with Crippen LogP contribution in [-0.2, 0) is 10.1 Å². The third-order valence-electron chi connectivity index (χ3n) is 1.77. The molecule has 16 heavy (non-hydrogen) atoms. The summed E-state index contributed by atoms with van der Waals surface area (Å²) in [6.45, 7) is -1.53. The Hall–Kier alpha value is 0.490. The Morgan fingerprint density at radius 3 is 1.88 bits per heavy atom. The second-order valence-electron chi connectivity index (χ2n) is 3.02. The van der Waals surface area contributed by atoms with Crippen molar-refractivity contribution in [2.24, 2.45) is 0 Å². The number of nitrogens with one attached hydrogen (secondary N) is 1. The third-order valence-corrected chi connectivity index (χ3v) is 2.31. The van der Waals surface area contributed by atoms with Crippen molar-refractivity contribution >= 4 is 39.7 Å². The summed E-state index contributed by atoms with van der Waals surface area (Å²) >= 11 is 0. The van der Waals surface area contributed by atoms with E-state index in [1.165, 1.54) is 0 Å². The molecule has 0 aliphatic heterocycles. The van der Waals surface area contributed by atoms with Gasteiger partial charge >= 0.3 is 29.6 Å². The van der Waals surface area contributed by atoms with Gasteiger partial charge < -0.3 is 20.6 Å². The van der Waals surface area contributed by atoms with Gasteiger partial charge in [0.25, 0.3) is 10.1 Å². The molecule has 0 radical (unpaired) electrons. The Morgan fingerprint density at radius 2 is 1.56 bits per heavy atom. The minimum absolute atomic E-state index is 0. The first kappa shape index (κ1) is 18.8. The topological polar surface area (TPSA) is 127 Å². The van der Waals surface area contributed by atoms with Gasteiger partial charge in [-0.05, 0) is 0 Å². The van der Waals surface area contributed by atoms with Crippen LogP contribution < -0.4 is 5.32 Å². The summed E-state index contributed by atoms with van der Waals surface area (Å²) in [5.41, 5.74) is -1.26. The zero-order chi connectivity index (χ0) is 11.9. The summed E-state index contributed by atoms with van der Waals surface area (Å²) in [4.78, 5) is 0. The number of hydrogen-bond donors (Lipinski definition) is 5. The van der Waals surface area contributed by atoms with E-state index in [9.17, 15) is 8.42 Å². The van der Waals surface area contributed by atoms with Crippen LogP contribution in [0.1, 0.15) is 0 Å². The van der Waals surface area contributed by atoms with E-state index in [0.717, 1.165) is 6.08 Å². The van der Waals surface area contributed by atoms with Crippen LogP contribution in [0.15, 0.2) is 11.5 Å². The average Bonchev–Trinajstić information content (AvgIpc) is 2.18. The van der Waals surface area contributed by atoms with Gasteiger partial charge in [0.1, 0.15) is 0 Å². The molecule has 0 aromatic rings. The van der Waals surface area contributed by atoms with Crippen LogP contribution in [0.2, 0.25) is 0 Å². The molecule has 0 aromatic carbocycles. The molecular formula is C7H16NNaO6S. The Bertz CT molecular complexity index is 292. The van der Waals surface area contributed by atoms with Gasteiger partial charge in [0, 0.05) is 6.54 Å². The molecule has 0 aliphatic rings. The molecule has 0 unspecified atom stereocenters. The molecule has 0 heterocycles. The maximum atomic E-state index is 10.3. The average molecular weight is 265 g/mol. The Balaban J connectivity index is 0. The molecule has 92 valence electrons. The van der Waals surface area contributed by atoms with Crippen molar-refractivity contribution in [3.63, 3.8) is 0 Å². The van der Waals surface area contributed by atoms with E-state index in [2.05, 4.69) is 5.32 Å². The summed E-state index contributed by atoms with van der Waals surface area (Å²) in [5, 5.41) is 29.7. The number of aliphatic hydroxyl groups is 3. The molecule has 9 heteroatoms. The van der Waals surface area contributed by atoms with Crippen molar-refractivity contribution < 1.29 is 28.3 Å². The van der Waals surface area contributed by atoms with E-state index in [4.69, 9.17) is 19.9 Å². The maximum absolute atomic E-state index is 10.3. The van der Waals surface area contributed by atoms with Gasteiger partial charge in [-0.25, -0.2) is 0 Å². The van der Waals surface area contributed by atoms with Crippen LogP contribution in [0, 0.1) is 0 Å². The fourth-order valence-electron chi connectivity index (χ4n) is 0.763. The Kier molecular flexibility index (Phi) is 10.1. The molecule has 0 fully saturated rings. The van der Waals surface area contributed by atoms with Crippen LogP contribution >= 0.6 is 0 Å². The second kappa shape index (κ2) is 8.56. The quantitative estimate of drug-likeness (QED) is 0.246. The van der Waals surface area contributed by atoms with Crippen LogP contribution in [0.5, 0.6) is 0 Å². The van der Waals surface area contributed by atoms with Gasteiger partial charge in [-0.3, -0.25) is 4.55 Å². The van der Waals surface area contributed by atoms with Gasteiger partial charge in [0.2, 0.25) is 0 Å². The molecule has 0 atom stereocenters. The van der Waals surface area contributed by atoms with E-state index in [0.29, 0.717) is 5.41 Å². The van der Waals surface area contributed by atoms with Crippen molar-refractivity contribution in [1.82, 2.24) is 5.32 Å². The minimum atomic E-state index is -4.17. The van der Waals surface area contributed by atoms with Gasteiger partial charge in [0.05, 0.1) is 30.8 Å². The van der Waals surface area contributed by atoms with Gasteiger partial charge in [-0.15, -0.1) is 0 Å². The standard InChI is InChI=1S/C7H15NO6S.Na.H/c9-4-7(5-10,6-11)8-2-1-3-15(12,13)14;;/h1,3,8-11H,2,4-6H2,(H,12,13,14);;/b3-1-;;. The van der Waals surface area contributed by atoms with Crippen LogP contribution in [0.3, 0.4) is 0 Å². The molecule has 0 rings (SSSR count). The van der Waals surface area contributed by atoms with Crippen LogP contribution in [-0.4, -0.2) is 89.8 Å². The summed E-state index contributed by atoms with van der Waals surface area (Å²) in [6.07, 6.45) is 1.09. The van der Waals surface area contributed by atoms with Crippen LogP contribution in [0.4, 0.5) is 0 Å². The first-order valence-electron chi connectivity index (χ1n) is 4.11. The molecule has 0 saturated heterocycles. The Morgan fingerprint density at radius 1 is 1.12 bits per heavy atom. The van der Waals surface area contributed by atoms with Crippen molar-refractivity contribution in [3.8, 4) is 0 Å². The summed E-state index contributed by atoms with van der Waals surface area (Å²) in [6, 6.07) is 0. The normalized spacial score (nSPS) is 12.8. The van der Waals surface area contributed by atoms with Gasteiger partial charge in [-0.2, -0.15) is 8.42 Å². The molecule has 0 amide bonds. The monoisotopic (exact) mass is 265 g/mol. The summed E-state index contributed by atoms with van der Waals surface area (Å²) in [5.74, 6) is 0. The fourth-order valence-corrected chi connectivity index (χ4v) is 1.10. The molecule has 7 nitrogen and oxygen atoms in total. The fraction of sp³-hybridized carbons (Fsp3) is 0.714. The van der Waals surface area contributed by atoms with E-state index < -0.39 is 35.5 Å². The van der Waals surface area contributed by atoms with E-state index >= 15 is 0 Å². The van der Waals surface area contributed by atoms with Crippen molar-refractivity contribution in [2.75, 3.05) is 26.4 Å². The van der Waals surface area contributed by atoms with Crippen molar-refractivity contribution in [2.45, 2.75) is 5.54 Å². The zero-order valence-electron chi connectivity index (χ0n) is 8.00. The van der Waals surface area contributed by atoms with Crippen LogP contribution in [0.25, 0.3) is 0 Å². The molecule has 0 aromatic heterocycles. The number of aliphatic hydroxyl groups excluding tert-OH is 3. The molecule has 5 N–H and O–H groups in total.